The van der Waals surface area contributed by atoms with Crippen LogP contribution in [0.15, 0.2) is 16.6 Å². The number of hydrogen-bond acceptors (Lipinski definition) is 4. The first-order valence-electron chi connectivity index (χ1n) is 7.96. The Balaban J connectivity index is 2.51. The van der Waals surface area contributed by atoms with E-state index in [4.69, 9.17) is 4.74 Å². The monoisotopic (exact) mass is 397 g/mol. The largest absolute Gasteiger partial charge is 0.507 e. The molecule has 0 radical (unpaired) electrons. The Labute approximate surface area is 151 Å². The molecular weight excluding hydrogens is 374 g/mol. The van der Waals surface area contributed by atoms with E-state index in [1.54, 1.807) is 17.0 Å². The van der Waals surface area contributed by atoms with Gasteiger partial charge >= 0.3 is 6.09 Å². The van der Waals surface area contributed by atoms with Crippen molar-refractivity contribution in [2.75, 3.05) is 6.54 Å². The van der Waals surface area contributed by atoms with Crippen molar-refractivity contribution in [1.29, 1.82) is 0 Å². The van der Waals surface area contributed by atoms with Crippen LogP contribution < -0.4 is 0 Å². The van der Waals surface area contributed by atoms with Gasteiger partial charge in [-0.15, -0.1) is 0 Å². The second kappa shape index (κ2) is 6.39. The van der Waals surface area contributed by atoms with Crippen molar-refractivity contribution < 1.29 is 19.4 Å². The van der Waals surface area contributed by atoms with Crippen LogP contribution in [0.5, 0.6) is 5.75 Å². The van der Waals surface area contributed by atoms with Crippen molar-refractivity contribution in [2.45, 2.75) is 58.6 Å². The van der Waals surface area contributed by atoms with E-state index in [1.165, 1.54) is 6.92 Å². The molecule has 0 bridgehead atoms. The molecule has 0 saturated carbocycles. The number of Topliss-reactive ketones (excluding diaryl/α,β-unsaturated/α-hetero) is 1. The van der Waals surface area contributed by atoms with E-state index >= 15 is 0 Å². The fourth-order valence-corrected chi connectivity index (χ4v) is 3.57. The summed E-state index contributed by atoms with van der Waals surface area (Å²) in [4.78, 5) is 26.2. The topological polar surface area (TPSA) is 66.8 Å². The number of aromatic hydroxyl groups is 1. The zero-order valence-electron chi connectivity index (χ0n) is 14.8. The fraction of sp³-hybridized carbons (Fsp3) is 0.556. The zero-order chi connectivity index (χ0) is 18.3. The minimum absolute atomic E-state index is 0.0110. The maximum Gasteiger partial charge on any atom is 0.411 e. The van der Waals surface area contributed by atoms with Gasteiger partial charge < -0.3 is 9.84 Å². The first kappa shape index (κ1) is 18.8. The molecule has 1 amide bonds. The average Bonchev–Trinajstić information content (AvgIpc) is 2.38. The van der Waals surface area contributed by atoms with Crippen LogP contribution in [0.25, 0.3) is 0 Å². The van der Waals surface area contributed by atoms with Crippen LogP contribution in [0.1, 0.15) is 52.2 Å². The first-order chi connectivity index (χ1) is 10.9. The van der Waals surface area contributed by atoms with E-state index in [-0.39, 0.29) is 18.0 Å². The lowest BCUT2D eigenvalue weighted by Gasteiger charge is -2.46. The summed E-state index contributed by atoms with van der Waals surface area (Å²) in [6.07, 6.45) is 0.362. The molecule has 6 heteroatoms. The number of ether oxygens (including phenoxy) is 1. The third-order valence-electron chi connectivity index (χ3n) is 4.16. The van der Waals surface area contributed by atoms with Crippen molar-refractivity contribution in [3.63, 3.8) is 0 Å². The Hall–Kier alpha value is -1.56. The number of benzene rings is 1. The van der Waals surface area contributed by atoms with E-state index in [0.717, 1.165) is 11.1 Å². The summed E-state index contributed by atoms with van der Waals surface area (Å²) in [5, 5.41) is 9.94. The molecule has 1 atom stereocenters. The molecule has 0 aromatic heterocycles. The molecule has 0 spiro atoms. The highest BCUT2D eigenvalue weighted by Crippen LogP contribution is 2.42. The van der Waals surface area contributed by atoms with E-state index in [9.17, 15) is 14.7 Å². The number of rotatable bonds is 2. The van der Waals surface area contributed by atoms with E-state index in [0.29, 0.717) is 17.4 Å². The van der Waals surface area contributed by atoms with Gasteiger partial charge in [-0.25, -0.2) is 4.79 Å². The SMILES string of the molecule is CC(=O)CC1(C)c2cc(Br)c(O)cc2CCN1C(=O)OC(C)(C)C. The van der Waals surface area contributed by atoms with Gasteiger partial charge in [-0.2, -0.15) is 0 Å². The van der Waals surface area contributed by atoms with Gasteiger partial charge in [0.1, 0.15) is 17.1 Å². The summed E-state index contributed by atoms with van der Waals surface area (Å²) in [6.45, 7) is 9.29. The number of carbonyl (C=O) groups excluding carboxylic acids is 2. The van der Waals surface area contributed by atoms with E-state index in [1.807, 2.05) is 27.7 Å². The lowest BCUT2D eigenvalue weighted by Crippen LogP contribution is -2.53. The van der Waals surface area contributed by atoms with Crippen LogP contribution in [-0.2, 0) is 21.5 Å². The number of nitrogens with zero attached hydrogens (tertiary/aromatic N) is 1. The Morgan fingerprint density at radius 3 is 2.54 bits per heavy atom. The van der Waals surface area contributed by atoms with Crippen LogP contribution in [0, 0.1) is 0 Å². The summed E-state index contributed by atoms with van der Waals surface area (Å²) >= 11 is 3.33. The molecule has 1 aromatic carbocycles. The molecule has 132 valence electrons. The average molecular weight is 398 g/mol. The first-order valence-corrected chi connectivity index (χ1v) is 8.75. The number of ketones is 1. The van der Waals surface area contributed by atoms with Crippen molar-refractivity contribution in [1.82, 2.24) is 4.90 Å². The van der Waals surface area contributed by atoms with E-state index in [2.05, 4.69) is 15.9 Å². The molecule has 0 saturated heterocycles. The molecule has 1 N–H and O–H groups in total. The standard InChI is InChI=1S/C18H24BrNO4/c1-11(21)10-18(5)13-9-14(19)15(22)8-12(13)6-7-20(18)16(23)24-17(2,3)4/h8-9,22H,6-7,10H2,1-5H3. The second-order valence-corrected chi connectivity index (χ2v) is 8.35. The van der Waals surface area contributed by atoms with Crippen LogP contribution in [0.4, 0.5) is 4.79 Å². The van der Waals surface area contributed by atoms with Gasteiger partial charge in [0.25, 0.3) is 0 Å². The predicted octanol–water partition coefficient (Wildman–Crippen LogP) is 4.14. The summed E-state index contributed by atoms with van der Waals surface area (Å²) in [7, 11) is 0. The Morgan fingerprint density at radius 2 is 2.00 bits per heavy atom. The number of phenolic OH excluding ortho intramolecular Hbond substituents is 1. The molecule has 2 rings (SSSR count). The van der Waals surface area contributed by atoms with Crippen LogP contribution in [0.3, 0.4) is 0 Å². The van der Waals surface area contributed by atoms with Gasteiger partial charge in [0.2, 0.25) is 0 Å². The molecule has 5 nitrogen and oxygen atoms in total. The Bertz CT molecular complexity index is 680. The molecule has 1 aliphatic rings. The number of phenols is 1. The van der Waals surface area contributed by atoms with Crippen molar-refractivity contribution >= 4 is 27.8 Å². The van der Waals surface area contributed by atoms with E-state index < -0.39 is 17.2 Å². The molecule has 0 aliphatic carbocycles. The van der Waals surface area contributed by atoms with Gasteiger partial charge in [-0.3, -0.25) is 9.69 Å². The normalized spacial score (nSPS) is 20.5. The predicted molar refractivity (Wildman–Crippen MR) is 95.1 cm³/mol. The zero-order valence-corrected chi connectivity index (χ0v) is 16.4. The van der Waals surface area contributed by atoms with Crippen LogP contribution in [-0.4, -0.2) is 34.0 Å². The van der Waals surface area contributed by atoms with Gasteiger partial charge in [0.15, 0.2) is 0 Å². The Kier molecular flexibility index (Phi) is 5.00. The summed E-state index contributed by atoms with van der Waals surface area (Å²) < 4.78 is 6.08. The van der Waals surface area contributed by atoms with Gasteiger partial charge in [-0.1, -0.05) is 0 Å². The minimum Gasteiger partial charge on any atom is -0.507 e. The van der Waals surface area contributed by atoms with Crippen LogP contribution in [0.2, 0.25) is 0 Å². The van der Waals surface area contributed by atoms with Gasteiger partial charge in [0.05, 0.1) is 10.0 Å². The number of halogens is 1. The highest BCUT2D eigenvalue weighted by Gasteiger charge is 2.44. The third-order valence-corrected chi connectivity index (χ3v) is 4.80. The Morgan fingerprint density at radius 1 is 1.38 bits per heavy atom. The van der Waals surface area contributed by atoms with Gasteiger partial charge in [0, 0.05) is 13.0 Å². The van der Waals surface area contributed by atoms with Crippen molar-refractivity contribution in [2.24, 2.45) is 0 Å². The molecule has 1 aromatic rings. The smallest absolute Gasteiger partial charge is 0.411 e. The van der Waals surface area contributed by atoms with Gasteiger partial charge in [-0.05, 0) is 80.2 Å². The molecule has 1 aliphatic heterocycles. The molecule has 24 heavy (non-hydrogen) atoms. The molecule has 1 unspecified atom stereocenters. The van der Waals surface area contributed by atoms with Crippen LogP contribution >= 0.6 is 15.9 Å². The molecule has 1 heterocycles. The fourth-order valence-electron chi connectivity index (χ4n) is 3.22. The van der Waals surface area contributed by atoms with Crippen molar-refractivity contribution in [3.05, 3.63) is 27.7 Å². The lowest BCUT2D eigenvalue weighted by molar-refractivity contribution is -0.120. The highest BCUT2D eigenvalue weighted by molar-refractivity contribution is 9.10. The maximum atomic E-state index is 12.7. The summed E-state index contributed by atoms with van der Waals surface area (Å²) in [6, 6.07) is 3.49. The number of carbonyl (C=O) groups is 2. The lowest BCUT2D eigenvalue weighted by atomic mass is 9.79. The number of amides is 1. The third kappa shape index (κ3) is 3.74. The number of fused-ring (bicyclic) bond motifs is 1. The molecular formula is C18H24BrNO4. The second-order valence-electron chi connectivity index (χ2n) is 7.50. The minimum atomic E-state index is -0.808. The summed E-state index contributed by atoms with van der Waals surface area (Å²) in [5.41, 5.74) is 0.390. The van der Waals surface area contributed by atoms with Crippen molar-refractivity contribution in [3.8, 4) is 5.75 Å². The summed E-state index contributed by atoms with van der Waals surface area (Å²) in [5.74, 6) is 0.146. The maximum absolute atomic E-state index is 12.7. The number of hydrogen-bond donors (Lipinski definition) is 1. The highest BCUT2D eigenvalue weighted by atomic mass is 79.9. The molecule has 0 fully saturated rings. The quantitative estimate of drug-likeness (QED) is 0.813.